The summed E-state index contributed by atoms with van der Waals surface area (Å²) in [5, 5.41) is 3.05. The molecular formula is C21H25NO4. The molecule has 1 N–H and O–H groups in total. The van der Waals surface area contributed by atoms with Gasteiger partial charge in [0.2, 0.25) is 0 Å². The largest absolute Gasteiger partial charge is 0.497 e. The van der Waals surface area contributed by atoms with E-state index in [-0.39, 0.29) is 5.78 Å². The number of unbranched alkanes of at least 4 members (excludes halogenated alkanes) is 1. The van der Waals surface area contributed by atoms with Crippen molar-refractivity contribution >= 4 is 11.5 Å². The van der Waals surface area contributed by atoms with Gasteiger partial charge in [-0.25, -0.2) is 0 Å². The van der Waals surface area contributed by atoms with Gasteiger partial charge in [-0.2, -0.15) is 0 Å². The lowest BCUT2D eigenvalue weighted by Crippen LogP contribution is -1.99. The van der Waals surface area contributed by atoms with E-state index in [4.69, 9.17) is 14.2 Å². The Hall–Kier alpha value is -2.95. The maximum absolute atomic E-state index is 12.2. The Morgan fingerprint density at radius 1 is 1.00 bits per heavy atom. The number of rotatable bonds is 10. The summed E-state index contributed by atoms with van der Waals surface area (Å²) in [5.74, 6) is 2.03. The highest BCUT2D eigenvalue weighted by atomic mass is 16.5. The normalized spacial score (nSPS) is 10.6. The van der Waals surface area contributed by atoms with Crippen molar-refractivity contribution in [2.75, 3.05) is 26.1 Å². The van der Waals surface area contributed by atoms with Crippen LogP contribution in [0.3, 0.4) is 0 Å². The van der Waals surface area contributed by atoms with Crippen LogP contribution >= 0.6 is 0 Å². The molecule has 0 amide bonds. The van der Waals surface area contributed by atoms with Crippen LogP contribution in [-0.2, 0) is 0 Å². The van der Waals surface area contributed by atoms with E-state index in [2.05, 4.69) is 12.2 Å². The standard InChI is InChI=1S/C21H25NO4/c1-4-5-12-26-18-8-6-16(7-9-18)21(23)10-11-22-17-13-19(24-2)15-20(14-17)25-3/h6-11,13-15,22H,4-5,12H2,1-3H3/b11-10+. The molecule has 2 rings (SSSR count). The lowest BCUT2D eigenvalue weighted by molar-refractivity contribution is 0.104. The van der Waals surface area contributed by atoms with Crippen molar-refractivity contribution in [3.63, 3.8) is 0 Å². The van der Waals surface area contributed by atoms with E-state index in [0.29, 0.717) is 23.7 Å². The number of hydrogen-bond acceptors (Lipinski definition) is 5. The van der Waals surface area contributed by atoms with Gasteiger partial charge in [0.05, 0.1) is 20.8 Å². The van der Waals surface area contributed by atoms with Crippen LogP contribution in [0, 0.1) is 0 Å². The van der Waals surface area contributed by atoms with E-state index in [1.807, 2.05) is 24.3 Å². The van der Waals surface area contributed by atoms with Gasteiger partial charge < -0.3 is 19.5 Å². The highest BCUT2D eigenvalue weighted by Crippen LogP contribution is 2.25. The number of ketones is 1. The van der Waals surface area contributed by atoms with E-state index in [0.717, 1.165) is 24.3 Å². The number of carbonyl (C=O) groups excluding carboxylic acids is 1. The average molecular weight is 355 g/mol. The molecule has 5 heteroatoms. The molecule has 0 heterocycles. The molecule has 0 radical (unpaired) electrons. The smallest absolute Gasteiger partial charge is 0.187 e. The van der Waals surface area contributed by atoms with Gasteiger partial charge in [-0.15, -0.1) is 0 Å². The molecule has 0 saturated heterocycles. The number of methoxy groups -OCH3 is 2. The molecule has 0 aliphatic heterocycles. The molecule has 0 saturated carbocycles. The minimum absolute atomic E-state index is 0.0903. The lowest BCUT2D eigenvalue weighted by atomic mass is 10.1. The van der Waals surface area contributed by atoms with Crippen LogP contribution in [0.2, 0.25) is 0 Å². The second-order valence-corrected chi connectivity index (χ2v) is 5.67. The quantitative estimate of drug-likeness (QED) is 0.381. The van der Waals surface area contributed by atoms with E-state index in [1.54, 1.807) is 38.6 Å². The molecular weight excluding hydrogens is 330 g/mol. The van der Waals surface area contributed by atoms with Crippen molar-refractivity contribution in [1.29, 1.82) is 0 Å². The number of allylic oxidation sites excluding steroid dienone is 1. The first-order valence-corrected chi connectivity index (χ1v) is 8.59. The predicted molar refractivity (Wildman–Crippen MR) is 103 cm³/mol. The first-order chi connectivity index (χ1) is 12.7. The Kier molecular flexibility index (Phi) is 7.55. The molecule has 2 aromatic carbocycles. The number of nitrogens with one attached hydrogen (secondary N) is 1. The zero-order valence-electron chi connectivity index (χ0n) is 15.5. The average Bonchev–Trinajstić information content (AvgIpc) is 2.68. The molecule has 26 heavy (non-hydrogen) atoms. The van der Waals surface area contributed by atoms with Crippen LogP contribution in [0.25, 0.3) is 0 Å². The van der Waals surface area contributed by atoms with Crippen LogP contribution in [-0.4, -0.2) is 26.6 Å². The molecule has 0 aliphatic rings. The Morgan fingerprint density at radius 3 is 2.23 bits per heavy atom. The molecule has 0 aliphatic carbocycles. The zero-order valence-corrected chi connectivity index (χ0v) is 15.5. The van der Waals surface area contributed by atoms with Gasteiger partial charge in [0.25, 0.3) is 0 Å². The Morgan fingerprint density at radius 2 is 1.65 bits per heavy atom. The fourth-order valence-corrected chi connectivity index (χ4v) is 2.25. The fourth-order valence-electron chi connectivity index (χ4n) is 2.25. The van der Waals surface area contributed by atoms with Crippen LogP contribution in [0.4, 0.5) is 5.69 Å². The van der Waals surface area contributed by atoms with Crippen molar-refractivity contribution in [2.45, 2.75) is 19.8 Å². The van der Waals surface area contributed by atoms with Gasteiger partial charge in [0, 0.05) is 41.7 Å². The third kappa shape index (κ3) is 5.84. The molecule has 0 unspecified atom stereocenters. The monoisotopic (exact) mass is 355 g/mol. The molecule has 0 aromatic heterocycles. The summed E-state index contributed by atoms with van der Waals surface area (Å²) in [6.45, 7) is 2.81. The summed E-state index contributed by atoms with van der Waals surface area (Å²) in [5.41, 5.74) is 1.37. The minimum Gasteiger partial charge on any atom is -0.497 e. The topological polar surface area (TPSA) is 56.8 Å². The van der Waals surface area contributed by atoms with Crippen LogP contribution in [0.15, 0.2) is 54.7 Å². The van der Waals surface area contributed by atoms with Gasteiger partial charge >= 0.3 is 0 Å². The Labute approximate surface area is 154 Å². The van der Waals surface area contributed by atoms with Crippen molar-refractivity contribution in [3.05, 3.63) is 60.3 Å². The SMILES string of the molecule is CCCCOc1ccc(C(=O)/C=C/Nc2cc(OC)cc(OC)c2)cc1. The first kappa shape index (κ1) is 19.4. The van der Waals surface area contributed by atoms with Crippen LogP contribution in [0.1, 0.15) is 30.1 Å². The number of ether oxygens (including phenoxy) is 3. The zero-order chi connectivity index (χ0) is 18.8. The summed E-state index contributed by atoms with van der Waals surface area (Å²) in [6, 6.07) is 12.6. The van der Waals surface area contributed by atoms with Crippen LogP contribution in [0.5, 0.6) is 17.2 Å². The fraction of sp³-hybridized carbons (Fsp3) is 0.286. The lowest BCUT2D eigenvalue weighted by Gasteiger charge is -2.08. The van der Waals surface area contributed by atoms with E-state index >= 15 is 0 Å². The third-order valence-corrected chi connectivity index (χ3v) is 3.74. The summed E-state index contributed by atoms with van der Waals surface area (Å²) in [6.07, 6.45) is 5.19. The minimum atomic E-state index is -0.0903. The van der Waals surface area contributed by atoms with Gasteiger partial charge in [0.15, 0.2) is 5.78 Å². The van der Waals surface area contributed by atoms with Crippen molar-refractivity contribution in [1.82, 2.24) is 0 Å². The highest BCUT2D eigenvalue weighted by Gasteiger charge is 2.03. The van der Waals surface area contributed by atoms with Gasteiger partial charge in [-0.1, -0.05) is 13.3 Å². The van der Waals surface area contributed by atoms with Crippen molar-refractivity contribution < 1.29 is 19.0 Å². The van der Waals surface area contributed by atoms with Gasteiger partial charge in [-0.3, -0.25) is 4.79 Å². The maximum Gasteiger partial charge on any atom is 0.187 e. The van der Waals surface area contributed by atoms with Gasteiger partial charge in [0.1, 0.15) is 17.2 Å². The molecule has 0 fully saturated rings. The summed E-state index contributed by atoms with van der Waals surface area (Å²) in [7, 11) is 3.18. The van der Waals surface area contributed by atoms with E-state index in [1.165, 1.54) is 6.08 Å². The predicted octanol–water partition coefficient (Wildman–Crippen LogP) is 4.69. The summed E-state index contributed by atoms with van der Waals surface area (Å²) in [4.78, 5) is 12.2. The molecule has 2 aromatic rings. The van der Waals surface area contributed by atoms with E-state index < -0.39 is 0 Å². The number of benzene rings is 2. The number of carbonyl (C=O) groups is 1. The number of hydrogen-bond donors (Lipinski definition) is 1. The van der Waals surface area contributed by atoms with Crippen LogP contribution < -0.4 is 19.5 Å². The number of anilines is 1. The third-order valence-electron chi connectivity index (χ3n) is 3.74. The second kappa shape index (κ2) is 10.1. The second-order valence-electron chi connectivity index (χ2n) is 5.67. The van der Waals surface area contributed by atoms with Gasteiger partial charge in [-0.05, 0) is 30.7 Å². The first-order valence-electron chi connectivity index (χ1n) is 8.59. The summed E-state index contributed by atoms with van der Waals surface area (Å²) >= 11 is 0. The molecule has 5 nitrogen and oxygen atoms in total. The molecule has 0 bridgehead atoms. The maximum atomic E-state index is 12.2. The molecule has 138 valence electrons. The molecule has 0 atom stereocenters. The van der Waals surface area contributed by atoms with Crippen molar-refractivity contribution in [2.24, 2.45) is 0 Å². The highest BCUT2D eigenvalue weighted by molar-refractivity contribution is 6.04. The Balaban J connectivity index is 1.94. The van der Waals surface area contributed by atoms with E-state index in [9.17, 15) is 4.79 Å². The Bertz CT molecular complexity index is 716. The molecule has 0 spiro atoms. The summed E-state index contributed by atoms with van der Waals surface area (Å²) < 4.78 is 16.0. The van der Waals surface area contributed by atoms with Crippen molar-refractivity contribution in [3.8, 4) is 17.2 Å².